The third-order valence-electron chi connectivity index (χ3n) is 4.12. The van der Waals surface area contributed by atoms with Crippen molar-refractivity contribution in [2.45, 2.75) is 6.42 Å². The highest BCUT2D eigenvalue weighted by Gasteiger charge is 2.17. The maximum Gasteiger partial charge on any atom is 0.276 e. The lowest BCUT2D eigenvalue weighted by atomic mass is 10.2. The van der Waals surface area contributed by atoms with Crippen LogP contribution >= 0.6 is 11.6 Å². The standard InChI is InChI=1S/C20H16ClN3O4/c21-14-11-17-18(28-10-4-9-27-17)12-16(14)22-20(26)15-7-8-19(25)24(23-15)13-5-2-1-3-6-13/h1-3,5-8,11-12H,4,9-10H2,(H,22,26). The van der Waals surface area contributed by atoms with Gasteiger partial charge in [0.25, 0.3) is 11.5 Å². The molecule has 28 heavy (non-hydrogen) atoms. The van der Waals surface area contributed by atoms with Crippen LogP contribution in [0.4, 0.5) is 5.69 Å². The van der Waals surface area contributed by atoms with Gasteiger partial charge >= 0.3 is 0 Å². The van der Waals surface area contributed by atoms with Crippen molar-refractivity contribution < 1.29 is 14.3 Å². The summed E-state index contributed by atoms with van der Waals surface area (Å²) in [6.45, 7) is 1.06. The molecule has 0 saturated heterocycles. The van der Waals surface area contributed by atoms with Crippen LogP contribution in [-0.2, 0) is 0 Å². The number of rotatable bonds is 3. The van der Waals surface area contributed by atoms with E-state index in [0.29, 0.717) is 41.1 Å². The Morgan fingerprint density at radius 3 is 2.50 bits per heavy atom. The molecule has 0 atom stereocenters. The Morgan fingerprint density at radius 1 is 1.04 bits per heavy atom. The maximum atomic E-state index is 12.7. The lowest BCUT2D eigenvalue weighted by Crippen LogP contribution is -2.24. The average molecular weight is 398 g/mol. The van der Waals surface area contributed by atoms with Crippen molar-refractivity contribution in [2.75, 3.05) is 18.5 Å². The number of fused-ring (bicyclic) bond motifs is 1. The first kappa shape index (κ1) is 18.1. The summed E-state index contributed by atoms with van der Waals surface area (Å²) >= 11 is 6.27. The van der Waals surface area contributed by atoms with Gasteiger partial charge in [-0.15, -0.1) is 0 Å². The summed E-state index contributed by atoms with van der Waals surface area (Å²) < 4.78 is 12.4. The number of carbonyl (C=O) groups is 1. The van der Waals surface area contributed by atoms with E-state index < -0.39 is 5.91 Å². The van der Waals surface area contributed by atoms with Crippen LogP contribution in [0.15, 0.2) is 59.4 Å². The molecular formula is C20H16ClN3O4. The maximum absolute atomic E-state index is 12.7. The normalized spacial score (nSPS) is 12.9. The number of amides is 1. The molecule has 1 aliphatic heterocycles. The van der Waals surface area contributed by atoms with E-state index in [1.165, 1.54) is 16.8 Å². The highest BCUT2D eigenvalue weighted by Crippen LogP contribution is 2.37. The Bertz CT molecular complexity index is 1080. The van der Waals surface area contributed by atoms with Crippen LogP contribution in [0.5, 0.6) is 11.5 Å². The van der Waals surface area contributed by atoms with E-state index >= 15 is 0 Å². The van der Waals surface area contributed by atoms with Gasteiger partial charge in [-0.1, -0.05) is 29.8 Å². The molecule has 142 valence electrons. The minimum Gasteiger partial charge on any atom is -0.490 e. The third kappa shape index (κ3) is 3.70. The fourth-order valence-electron chi connectivity index (χ4n) is 2.75. The van der Waals surface area contributed by atoms with E-state index in [1.807, 2.05) is 6.07 Å². The Morgan fingerprint density at radius 2 is 1.75 bits per heavy atom. The highest BCUT2D eigenvalue weighted by atomic mass is 35.5. The van der Waals surface area contributed by atoms with E-state index in [4.69, 9.17) is 21.1 Å². The fraction of sp³-hybridized carbons (Fsp3) is 0.150. The molecule has 0 aliphatic carbocycles. The summed E-state index contributed by atoms with van der Waals surface area (Å²) in [5.74, 6) is 0.553. The number of aromatic nitrogens is 2. The zero-order valence-electron chi connectivity index (χ0n) is 14.7. The first-order valence-electron chi connectivity index (χ1n) is 8.68. The molecule has 0 spiro atoms. The summed E-state index contributed by atoms with van der Waals surface area (Å²) in [6.07, 6.45) is 0.763. The Hall–Kier alpha value is -3.32. The summed E-state index contributed by atoms with van der Waals surface area (Å²) in [6, 6.07) is 14.8. The monoisotopic (exact) mass is 397 g/mol. The van der Waals surface area contributed by atoms with Gasteiger partial charge in [0, 0.05) is 24.6 Å². The van der Waals surface area contributed by atoms with Gasteiger partial charge in [-0.25, -0.2) is 0 Å². The van der Waals surface area contributed by atoms with Crippen molar-refractivity contribution in [3.8, 4) is 17.2 Å². The molecule has 1 N–H and O–H groups in total. The van der Waals surface area contributed by atoms with Gasteiger partial charge in [-0.2, -0.15) is 9.78 Å². The molecule has 4 rings (SSSR count). The predicted octanol–water partition coefficient (Wildman–Crippen LogP) is 3.30. The quantitative estimate of drug-likeness (QED) is 0.733. The number of anilines is 1. The van der Waals surface area contributed by atoms with Crippen molar-refractivity contribution in [3.63, 3.8) is 0 Å². The summed E-state index contributed by atoms with van der Waals surface area (Å²) in [7, 11) is 0. The molecule has 0 bridgehead atoms. The minimum atomic E-state index is -0.499. The smallest absolute Gasteiger partial charge is 0.276 e. The van der Waals surface area contributed by atoms with Crippen molar-refractivity contribution >= 4 is 23.2 Å². The summed E-state index contributed by atoms with van der Waals surface area (Å²) in [5, 5.41) is 7.19. The van der Waals surface area contributed by atoms with Crippen LogP contribution in [0.1, 0.15) is 16.9 Å². The predicted molar refractivity (Wildman–Crippen MR) is 105 cm³/mol. The zero-order chi connectivity index (χ0) is 19.5. The second kappa shape index (κ2) is 7.74. The van der Waals surface area contributed by atoms with Gasteiger partial charge in [0.1, 0.15) is 5.69 Å². The average Bonchev–Trinajstić information content (AvgIpc) is 2.94. The van der Waals surface area contributed by atoms with Gasteiger partial charge in [0.2, 0.25) is 0 Å². The van der Waals surface area contributed by atoms with E-state index in [-0.39, 0.29) is 11.3 Å². The summed E-state index contributed by atoms with van der Waals surface area (Å²) in [5.41, 5.74) is 0.675. The number of nitrogens with one attached hydrogen (secondary N) is 1. The lowest BCUT2D eigenvalue weighted by molar-refractivity contribution is 0.102. The highest BCUT2D eigenvalue weighted by molar-refractivity contribution is 6.34. The van der Waals surface area contributed by atoms with Gasteiger partial charge in [-0.05, 0) is 18.2 Å². The molecule has 8 heteroatoms. The molecule has 0 fully saturated rings. The number of nitrogens with zero attached hydrogens (tertiary/aromatic N) is 2. The van der Waals surface area contributed by atoms with E-state index in [1.54, 1.807) is 36.4 Å². The molecule has 1 amide bonds. The van der Waals surface area contributed by atoms with Crippen molar-refractivity contribution in [2.24, 2.45) is 0 Å². The molecule has 0 radical (unpaired) electrons. The van der Waals surface area contributed by atoms with Crippen LogP contribution < -0.4 is 20.3 Å². The Balaban J connectivity index is 1.63. The summed E-state index contributed by atoms with van der Waals surface area (Å²) in [4.78, 5) is 24.8. The minimum absolute atomic E-state index is 0.0756. The zero-order valence-corrected chi connectivity index (χ0v) is 15.5. The number of carbonyl (C=O) groups excluding carboxylic acids is 1. The second-order valence-electron chi connectivity index (χ2n) is 6.09. The molecule has 7 nitrogen and oxygen atoms in total. The van der Waals surface area contributed by atoms with Crippen LogP contribution in [0.3, 0.4) is 0 Å². The molecular weight excluding hydrogens is 382 g/mol. The van der Waals surface area contributed by atoms with E-state index in [9.17, 15) is 9.59 Å². The van der Waals surface area contributed by atoms with E-state index in [2.05, 4.69) is 10.4 Å². The van der Waals surface area contributed by atoms with Gasteiger partial charge in [0.15, 0.2) is 11.5 Å². The van der Waals surface area contributed by atoms with Gasteiger partial charge in [0.05, 0.1) is 29.6 Å². The molecule has 3 aromatic rings. The van der Waals surface area contributed by atoms with Crippen LogP contribution in [0.25, 0.3) is 5.69 Å². The van der Waals surface area contributed by atoms with Crippen LogP contribution in [-0.4, -0.2) is 28.9 Å². The Labute approximate surface area is 165 Å². The first-order valence-corrected chi connectivity index (χ1v) is 9.06. The van der Waals surface area contributed by atoms with Crippen LogP contribution in [0, 0.1) is 0 Å². The molecule has 0 unspecified atom stereocenters. The SMILES string of the molecule is O=C(Nc1cc2c(cc1Cl)OCCCO2)c1ccc(=O)n(-c2ccccc2)n1. The first-order chi connectivity index (χ1) is 13.6. The van der Waals surface area contributed by atoms with Gasteiger partial charge in [-0.3, -0.25) is 9.59 Å². The number of hydrogen-bond donors (Lipinski definition) is 1. The van der Waals surface area contributed by atoms with Crippen molar-refractivity contribution in [3.05, 3.63) is 75.7 Å². The third-order valence-corrected chi connectivity index (χ3v) is 4.43. The number of ether oxygens (including phenoxy) is 2. The number of para-hydroxylation sites is 1. The second-order valence-corrected chi connectivity index (χ2v) is 6.49. The number of halogens is 1. The van der Waals surface area contributed by atoms with E-state index in [0.717, 1.165) is 6.42 Å². The largest absolute Gasteiger partial charge is 0.490 e. The number of benzene rings is 2. The fourth-order valence-corrected chi connectivity index (χ4v) is 2.95. The molecule has 2 aromatic carbocycles. The Kier molecular flexibility index (Phi) is 4.99. The molecule has 1 aliphatic rings. The van der Waals surface area contributed by atoms with Crippen LogP contribution in [0.2, 0.25) is 5.02 Å². The lowest BCUT2D eigenvalue weighted by Gasteiger charge is -2.12. The molecule has 0 saturated carbocycles. The number of hydrogen-bond acceptors (Lipinski definition) is 5. The van der Waals surface area contributed by atoms with Crippen molar-refractivity contribution in [1.82, 2.24) is 9.78 Å². The van der Waals surface area contributed by atoms with Gasteiger partial charge < -0.3 is 14.8 Å². The molecule has 1 aromatic heterocycles. The molecule has 2 heterocycles. The topological polar surface area (TPSA) is 82.5 Å². The van der Waals surface area contributed by atoms with Crippen molar-refractivity contribution in [1.29, 1.82) is 0 Å².